The number of anilines is 1. The maximum Gasteiger partial charge on any atom is 0.255 e. The summed E-state index contributed by atoms with van der Waals surface area (Å²) in [5, 5.41) is 2.72. The molecule has 1 amide bonds. The van der Waals surface area contributed by atoms with E-state index in [4.69, 9.17) is 4.74 Å². The van der Waals surface area contributed by atoms with Crippen molar-refractivity contribution in [3.05, 3.63) is 53.6 Å². The Morgan fingerprint density at radius 2 is 1.79 bits per heavy atom. The number of benzene rings is 2. The molecule has 1 N–H and O–H groups in total. The molecule has 0 fully saturated rings. The standard InChI is InChI=1S/C17H20N2O4S/c1-12-7-5-6-8-14(12)17(20)18-13-9-10-15(23-4)16(11-13)24(21,22)19(2)3/h5-11H,1-4H3,(H,18,20). The predicted molar refractivity (Wildman–Crippen MR) is 93.0 cm³/mol. The summed E-state index contributed by atoms with van der Waals surface area (Å²) in [6.45, 7) is 1.84. The molecule has 0 saturated carbocycles. The minimum atomic E-state index is -3.69. The Morgan fingerprint density at radius 3 is 2.38 bits per heavy atom. The van der Waals surface area contributed by atoms with Gasteiger partial charge in [-0.05, 0) is 36.8 Å². The van der Waals surface area contributed by atoms with Crippen LogP contribution in [0.15, 0.2) is 47.4 Å². The number of hydrogen-bond acceptors (Lipinski definition) is 4. The zero-order chi connectivity index (χ0) is 17.9. The first-order valence-electron chi connectivity index (χ1n) is 7.25. The molecule has 6 nitrogen and oxygen atoms in total. The number of sulfonamides is 1. The molecule has 128 valence electrons. The molecule has 0 aliphatic heterocycles. The fourth-order valence-corrected chi connectivity index (χ4v) is 3.25. The van der Waals surface area contributed by atoms with Gasteiger partial charge in [-0.2, -0.15) is 0 Å². The molecule has 2 aromatic rings. The van der Waals surface area contributed by atoms with Crippen LogP contribution in [0.5, 0.6) is 5.75 Å². The van der Waals surface area contributed by atoms with E-state index in [1.165, 1.54) is 33.3 Å². The SMILES string of the molecule is COc1ccc(NC(=O)c2ccccc2C)cc1S(=O)(=O)N(C)C. The lowest BCUT2D eigenvalue weighted by molar-refractivity contribution is 0.102. The number of nitrogens with zero attached hydrogens (tertiary/aromatic N) is 1. The maximum absolute atomic E-state index is 12.4. The highest BCUT2D eigenvalue weighted by molar-refractivity contribution is 7.89. The number of carbonyl (C=O) groups excluding carboxylic acids is 1. The second-order valence-corrected chi connectivity index (χ2v) is 7.54. The third-order valence-electron chi connectivity index (χ3n) is 3.57. The average molecular weight is 348 g/mol. The van der Waals surface area contributed by atoms with Gasteiger partial charge in [0.2, 0.25) is 10.0 Å². The van der Waals surface area contributed by atoms with Crippen molar-refractivity contribution in [3.63, 3.8) is 0 Å². The van der Waals surface area contributed by atoms with Crippen molar-refractivity contribution in [1.29, 1.82) is 0 Å². The van der Waals surface area contributed by atoms with Crippen molar-refractivity contribution in [2.45, 2.75) is 11.8 Å². The number of ether oxygens (including phenoxy) is 1. The summed E-state index contributed by atoms with van der Waals surface area (Å²) < 4.78 is 31.0. The van der Waals surface area contributed by atoms with Crippen LogP contribution in [0, 0.1) is 6.92 Å². The Labute approximate surface area is 142 Å². The predicted octanol–water partition coefficient (Wildman–Crippen LogP) is 2.51. The largest absolute Gasteiger partial charge is 0.495 e. The average Bonchev–Trinajstić information content (AvgIpc) is 2.54. The van der Waals surface area contributed by atoms with E-state index < -0.39 is 10.0 Å². The first kappa shape index (κ1) is 18.0. The van der Waals surface area contributed by atoms with E-state index in [1.54, 1.807) is 18.2 Å². The summed E-state index contributed by atoms with van der Waals surface area (Å²) in [7, 11) is 0.580. The Balaban J connectivity index is 2.40. The summed E-state index contributed by atoms with van der Waals surface area (Å²) in [6, 6.07) is 11.7. The van der Waals surface area contributed by atoms with Crippen molar-refractivity contribution in [3.8, 4) is 5.75 Å². The number of nitrogens with one attached hydrogen (secondary N) is 1. The van der Waals surface area contributed by atoms with Gasteiger partial charge >= 0.3 is 0 Å². The van der Waals surface area contributed by atoms with Gasteiger partial charge in [0.15, 0.2) is 0 Å². The summed E-state index contributed by atoms with van der Waals surface area (Å²) in [5.74, 6) is -0.0796. The van der Waals surface area contributed by atoms with E-state index in [-0.39, 0.29) is 16.6 Å². The lowest BCUT2D eigenvalue weighted by Crippen LogP contribution is -2.23. The fourth-order valence-electron chi connectivity index (χ4n) is 2.18. The molecule has 0 unspecified atom stereocenters. The highest BCUT2D eigenvalue weighted by Gasteiger charge is 2.23. The van der Waals surface area contributed by atoms with Crippen molar-refractivity contribution in [1.82, 2.24) is 4.31 Å². The number of carbonyl (C=O) groups is 1. The topological polar surface area (TPSA) is 75.7 Å². The molecule has 0 aliphatic carbocycles. The van der Waals surface area contributed by atoms with Crippen LogP contribution < -0.4 is 10.1 Å². The molecule has 0 saturated heterocycles. The van der Waals surface area contributed by atoms with Gasteiger partial charge in [0.1, 0.15) is 10.6 Å². The van der Waals surface area contributed by atoms with Crippen LogP contribution in [0.1, 0.15) is 15.9 Å². The third kappa shape index (κ3) is 3.58. The molecule has 7 heteroatoms. The highest BCUT2D eigenvalue weighted by Crippen LogP contribution is 2.29. The molecule has 0 atom stereocenters. The van der Waals surface area contributed by atoms with Crippen LogP contribution in [-0.4, -0.2) is 39.8 Å². The van der Waals surface area contributed by atoms with Crippen LogP contribution in [-0.2, 0) is 10.0 Å². The molecule has 0 spiro atoms. The Kier molecular flexibility index (Phi) is 5.26. The van der Waals surface area contributed by atoms with Crippen LogP contribution >= 0.6 is 0 Å². The van der Waals surface area contributed by atoms with Crippen LogP contribution in [0.25, 0.3) is 0 Å². The monoisotopic (exact) mass is 348 g/mol. The summed E-state index contributed by atoms with van der Waals surface area (Å²) in [4.78, 5) is 12.4. The van der Waals surface area contributed by atoms with E-state index >= 15 is 0 Å². The number of amides is 1. The lowest BCUT2D eigenvalue weighted by atomic mass is 10.1. The molecule has 2 aromatic carbocycles. The lowest BCUT2D eigenvalue weighted by Gasteiger charge is -2.16. The highest BCUT2D eigenvalue weighted by atomic mass is 32.2. The zero-order valence-electron chi connectivity index (χ0n) is 14.0. The van der Waals surface area contributed by atoms with Gasteiger partial charge < -0.3 is 10.1 Å². The molecule has 0 aliphatic rings. The first-order chi connectivity index (χ1) is 11.3. The molecule has 24 heavy (non-hydrogen) atoms. The molecular weight excluding hydrogens is 328 g/mol. The molecule has 0 aromatic heterocycles. The second-order valence-electron chi connectivity index (χ2n) is 5.42. The molecule has 2 rings (SSSR count). The quantitative estimate of drug-likeness (QED) is 0.901. The van der Waals surface area contributed by atoms with Gasteiger partial charge in [0.25, 0.3) is 5.91 Å². The Hall–Kier alpha value is -2.38. The van der Waals surface area contributed by atoms with E-state index in [0.717, 1.165) is 9.87 Å². The van der Waals surface area contributed by atoms with Gasteiger partial charge in [-0.1, -0.05) is 18.2 Å². The number of methoxy groups -OCH3 is 1. The van der Waals surface area contributed by atoms with Gasteiger partial charge in [0, 0.05) is 25.3 Å². The molecule has 0 radical (unpaired) electrons. The smallest absolute Gasteiger partial charge is 0.255 e. The number of hydrogen-bond donors (Lipinski definition) is 1. The fraction of sp³-hybridized carbons (Fsp3) is 0.235. The first-order valence-corrected chi connectivity index (χ1v) is 8.69. The zero-order valence-corrected chi connectivity index (χ0v) is 14.8. The van der Waals surface area contributed by atoms with Gasteiger partial charge in [-0.25, -0.2) is 12.7 Å². The van der Waals surface area contributed by atoms with E-state index in [1.807, 2.05) is 19.1 Å². The van der Waals surface area contributed by atoms with E-state index in [9.17, 15) is 13.2 Å². The maximum atomic E-state index is 12.4. The molecular formula is C17H20N2O4S. The van der Waals surface area contributed by atoms with Crippen LogP contribution in [0.3, 0.4) is 0 Å². The minimum Gasteiger partial charge on any atom is -0.495 e. The number of aryl methyl sites for hydroxylation is 1. The molecule has 0 heterocycles. The minimum absolute atomic E-state index is 0.00224. The van der Waals surface area contributed by atoms with E-state index in [0.29, 0.717) is 11.3 Å². The molecule has 0 bridgehead atoms. The van der Waals surface area contributed by atoms with Crippen molar-refractivity contribution >= 4 is 21.6 Å². The van der Waals surface area contributed by atoms with Crippen LogP contribution in [0.2, 0.25) is 0 Å². The van der Waals surface area contributed by atoms with Crippen LogP contribution in [0.4, 0.5) is 5.69 Å². The second kappa shape index (κ2) is 7.02. The number of rotatable bonds is 5. The normalized spacial score (nSPS) is 11.4. The summed E-state index contributed by atoms with van der Waals surface area (Å²) in [5.41, 5.74) is 1.75. The van der Waals surface area contributed by atoms with Crippen molar-refractivity contribution in [2.24, 2.45) is 0 Å². The summed E-state index contributed by atoms with van der Waals surface area (Å²) >= 11 is 0. The van der Waals surface area contributed by atoms with Crippen molar-refractivity contribution in [2.75, 3.05) is 26.5 Å². The Morgan fingerprint density at radius 1 is 1.12 bits per heavy atom. The van der Waals surface area contributed by atoms with Crippen molar-refractivity contribution < 1.29 is 17.9 Å². The summed E-state index contributed by atoms with van der Waals surface area (Å²) in [6.07, 6.45) is 0. The van der Waals surface area contributed by atoms with Gasteiger partial charge in [-0.3, -0.25) is 4.79 Å². The Bertz CT molecular complexity index is 861. The van der Waals surface area contributed by atoms with Gasteiger partial charge in [0.05, 0.1) is 7.11 Å². The van der Waals surface area contributed by atoms with Gasteiger partial charge in [-0.15, -0.1) is 0 Å². The third-order valence-corrected chi connectivity index (χ3v) is 5.41. The van der Waals surface area contributed by atoms with E-state index in [2.05, 4.69) is 5.32 Å².